The van der Waals surface area contributed by atoms with Crippen molar-refractivity contribution in [1.29, 1.82) is 0 Å². The van der Waals surface area contributed by atoms with Gasteiger partial charge in [-0.05, 0) is 83.6 Å². The van der Waals surface area contributed by atoms with Gasteiger partial charge in [0.2, 0.25) is 0 Å². The van der Waals surface area contributed by atoms with Gasteiger partial charge in [0.1, 0.15) is 0 Å². The fourth-order valence-corrected chi connectivity index (χ4v) is 5.05. The molecule has 3 heteroatoms. The summed E-state index contributed by atoms with van der Waals surface area (Å²) in [4.78, 5) is 10.6. The fraction of sp³-hybridized carbons (Fsp3) is 0.735. The first-order valence-corrected chi connectivity index (χ1v) is 15.0. The molecule has 3 nitrogen and oxygen atoms in total. The third kappa shape index (κ3) is 14.8. The summed E-state index contributed by atoms with van der Waals surface area (Å²) in [5.74, 6) is 3.08. The van der Waals surface area contributed by atoms with Gasteiger partial charge in [-0.2, -0.15) is 5.57 Å². The Kier molecular flexibility index (Phi) is 16.9. The normalized spacial score (nSPS) is 20.5. The van der Waals surface area contributed by atoms with Crippen LogP contribution in [0.3, 0.4) is 0 Å². The molecule has 0 heterocycles. The summed E-state index contributed by atoms with van der Waals surface area (Å²) in [6.07, 6.45) is 23.1. The van der Waals surface area contributed by atoms with Gasteiger partial charge in [-0.1, -0.05) is 89.2 Å². The number of hydrogen-bond donors (Lipinski definition) is 1. The molecule has 0 aliphatic heterocycles. The lowest BCUT2D eigenvalue weighted by Crippen LogP contribution is -2.28. The molecule has 212 valence electrons. The van der Waals surface area contributed by atoms with Crippen LogP contribution in [0.4, 0.5) is 0 Å². The largest absolute Gasteiger partial charge is 0.390 e. The van der Waals surface area contributed by atoms with Crippen LogP contribution in [0.5, 0.6) is 0 Å². The van der Waals surface area contributed by atoms with Crippen LogP contribution in [0.1, 0.15) is 132 Å². The molecule has 4 atom stereocenters. The average Bonchev–Trinajstić information content (AvgIpc) is 2.85. The molecular weight excluding hydrogens is 456 g/mol. The quantitative estimate of drug-likeness (QED) is 0.0763. The summed E-state index contributed by atoms with van der Waals surface area (Å²) in [6, 6.07) is 0. The number of unbranched alkanes of at least 4 members (excludes halogenated alkanes) is 3. The highest BCUT2D eigenvalue weighted by Crippen LogP contribution is 2.32. The molecule has 0 aromatic rings. The lowest BCUT2D eigenvalue weighted by molar-refractivity contribution is 0.0431. The smallest absolute Gasteiger partial charge is 0.0850 e. The third-order valence-electron chi connectivity index (χ3n) is 8.06. The molecule has 1 aliphatic rings. The second-order valence-corrected chi connectivity index (χ2v) is 11.9. The Hall–Kier alpha value is -1.54. The Bertz CT molecular complexity index is 779. The van der Waals surface area contributed by atoms with Crippen molar-refractivity contribution in [2.45, 2.75) is 144 Å². The van der Waals surface area contributed by atoms with E-state index in [1.807, 2.05) is 19.3 Å². The van der Waals surface area contributed by atoms with Crippen molar-refractivity contribution in [2.75, 3.05) is 6.61 Å². The van der Waals surface area contributed by atoms with Crippen LogP contribution in [-0.2, 0) is 9.53 Å². The SMILES string of the molecule is CCCCCCOC1C(CCC(C)CCC/C(C)=C/CCC(C)(O)CC[CH-]C(C)=C=O)=CC=C(C)C1C. The maximum Gasteiger partial charge on any atom is 0.0850 e. The van der Waals surface area contributed by atoms with Crippen molar-refractivity contribution in [3.05, 3.63) is 46.9 Å². The molecule has 0 bridgehead atoms. The molecule has 0 fully saturated rings. The van der Waals surface area contributed by atoms with E-state index in [9.17, 15) is 9.90 Å². The summed E-state index contributed by atoms with van der Waals surface area (Å²) in [6.45, 7) is 15.9. The van der Waals surface area contributed by atoms with Crippen molar-refractivity contribution in [3.8, 4) is 0 Å². The Labute approximate surface area is 229 Å². The number of carbonyl (C=O) groups excluding carboxylic acids is 1. The molecule has 4 unspecified atom stereocenters. The van der Waals surface area contributed by atoms with E-state index < -0.39 is 5.60 Å². The Morgan fingerprint density at radius 2 is 1.95 bits per heavy atom. The van der Waals surface area contributed by atoms with Crippen LogP contribution in [0, 0.1) is 18.3 Å². The van der Waals surface area contributed by atoms with Gasteiger partial charge >= 0.3 is 0 Å². The Balaban J connectivity index is 2.35. The molecule has 0 aromatic heterocycles. The van der Waals surface area contributed by atoms with Crippen LogP contribution < -0.4 is 0 Å². The van der Waals surface area contributed by atoms with Crippen LogP contribution in [0.25, 0.3) is 0 Å². The van der Waals surface area contributed by atoms with Crippen LogP contribution in [0.15, 0.2) is 40.5 Å². The summed E-state index contributed by atoms with van der Waals surface area (Å²) < 4.78 is 6.42. The first-order valence-electron chi connectivity index (χ1n) is 15.0. The predicted octanol–water partition coefficient (Wildman–Crippen LogP) is 9.30. The number of rotatable bonds is 20. The Morgan fingerprint density at radius 3 is 2.65 bits per heavy atom. The van der Waals surface area contributed by atoms with E-state index in [2.05, 4.69) is 52.8 Å². The lowest BCUT2D eigenvalue weighted by atomic mass is 9.83. The lowest BCUT2D eigenvalue weighted by Gasteiger charge is -2.31. The van der Waals surface area contributed by atoms with Gasteiger partial charge in [-0.25, -0.2) is 6.42 Å². The zero-order valence-corrected chi connectivity index (χ0v) is 25.2. The van der Waals surface area contributed by atoms with Gasteiger partial charge in [-0.3, -0.25) is 0 Å². The molecule has 0 saturated heterocycles. The van der Waals surface area contributed by atoms with Gasteiger partial charge in [0.15, 0.2) is 0 Å². The number of aliphatic hydroxyl groups is 1. The van der Waals surface area contributed by atoms with Gasteiger partial charge in [0.05, 0.1) is 11.7 Å². The number of ether oxygens (including phenoxy) is 1. The van der Waals surface area contributed by atoms with E-state index in [-0.39, 0.29) is 6.10 Å². The van der Waals surface area contributed by atoms with E-state index >= 15 is 0 Å². The molecule has 0 saturated carbocycles. The van der Waals surface area contributed by atoms with Crippen molar-refractivity contribution in [1.82, 2.24) is 0 Å². The van der Waals surface area contributed by atoms with Crippen LogP contribution >= 0.6 is 0 Å². The maximum absolute atomic E-state index is 10.6. The van der Waals surface area contributed by atoms with E-state index in [4.69, 9.17) is 4.74 Å². The average molecular weight is 514 g/mol. The zero-order chi connectivity index (χ0) is 27.7. The summed E-state index contributed by atoms with van der Waals surface area (Å²) in [5, 5.41) is 10.6. The molecule has 0 aromatic carbocycles. The maximum atomic E-state index is 10.6. The first kappa shape index (κ1) is 33.5. The molecular formula is C34H57O3-. The minimum absolute atomic E-state index is 0.254. The first-order chi connectivity index (χ1) is 17.6. The number of allylic oxidation sites excluding steroid dienone is 5. The molecule has 1 aliphatic carbocycles. The van der Waals surface area contributed by atoms with E-state index in [1.54, 1.807) is 6.92 Å². The summed E-state index contributed by atoms with van der Waals surface area (Å²) >= 11 is 0. The highest BCUT2D eigenvalue weighted by molar-refractivity contribution is 5.54. The Morgan fingerprint density at radius 1 is 1.19 bits per heavy atom. The molecule has 1 N–H and O–H groups in total. The molecule has 0 amide bonds. The van der Waals surface area contributed by atoms with Gasteiger partial charge in [0, 0.05) is 12.5 Å². The minimum Gasteiger partial charge on any atom is -0.390 e. The molecule has 0 radical (unpaired) electrons. The third-order valence-corrected chi connectivity index (χ3v) is 8.06. The number of hydrogen-bond acceptors (Lipinski definition) is 3. The highest BCUT2D eigenvalue weighted by atomic mass is 16.5. The molecule has 0 spiro atoms. The van der Waals surface area contributed by atoms with E-state index in [0.717, 1.165) is 32.3 Å². The highest BCUT2D eigenvalue weighted by Gasteiger charge is 2.26. The standard InChI is InChI=1S/C34H57O3/c1-8-9-10-11-25-37-33-31(6)30(5)20-22-32(33)21-19-28(3)16-12-15-27(2)17-13-23-34(7,36)24-14-18-29(4)26-35/h17-18,20,22,28,31,33,36H,8-16,19,21,23-25H2,1-7H3/q-1/b27-17+. The van der Waals surface area contributed by atoms with Crippen molar-refractivity contribution >= 4 is 5.94 Å². The van der Waals surface area contributed by atoms with Gasteiger partial charge < -0.3 is 14.6 Å². The van der Waals surface area contributed by atoms with Gasteiger partial charge in [-0.15, -0.1) is 5.94 Å². The topological polar surface area (TPSA) is 46.5 Å². The predicted molar refractivity (Wildman–Crippen MR) is 159 cm³/mol. The van der Waals surface area contributed by atoms with E-state index in [1.165, 1.54) is 61.7 Å². The van der Waals surface area contributed by atoms with Crippen LogP contribution in [-0.4, -0.2) is 29.4 Å². The second-order valence-electron chi connectivity index (χ2n) is 11.9. The fourth-order valence-electron chi connectivity index (χ4n) is 5.05. The summed E-state index contributed by atoms with van der Waals surface area (Å²) in [5.41, 5.74) is 4.27. The minimum atomic E-state index is -0.693. The van der Waals surface area contributed by atoms with Gasteiger partial charge in [0.25, 0.3) is 0 Å². The van der Waals surface area contributed by atoms with Crippen molar-refractivity contribution in [3.63, 3.8) is 0 Å². The van der Waals surface area contributed by atoms with Crippen molar-refractivity contribution in [2.24, 2.45) is 11.8 Å². The zero-order valence-electron chi connectivity index (χ0n) is 25.2. The molecule has 37 heavy (non-hydrogen) atoms. The summed E-state index contributed by atoms with van der Waals surface area (Å²) in [7, 11) is 0. The van der Waals surface area contributed by atoms with Crippen LogP contribution in [0.2, 0.25) is 0 Å². The van der Waals surface area contributed by atoms with Crippen molar-refractivity contribution < 1.29 is 14.6 Å². The van der Waals surface area contributed by atoms with E-state index in [0.29, 0.717) is 30.3 Å². The molecule has 1 rings (SSSR count). The second kappa shape index (κ2) is 18.7. The monoisotopic (exact) mass is 513 g/mol.